The SMILES string of the molecule is COc1ccc(C2=C(Nc3cccc(OC)c3)C(=O)N(Cc3ccc(F)cc3)C2=O)cc1. The number of carbonyl (C=O) groups excluding carboxylic acids is 2. The van der Waals surface area contributed by atoms with Crippen LogP contribution in [0.5, 0.6) is 11.5 Å². The van der Waals surface area contributed by atoms with Crippen LogP contribution in [0.15, 0.2) is 78.5 Å². The number of nitrogens with one attached hydrogen (secondary N) is 1. The molecule has 3 aromatic rings. The van der Waals surface area contributed by atoms with Gasteiger partial charge in [-0.2, -0.15) is 0 Å². The summed E-state index contributed by atoms with van der Waals surface area (Å²) >= 11 is 0. The van der Waals surface area contributed by atoms with Crippen LogP contribution in [0.1, 0.15) is 11.1 Å². The Hall–Kier alpha value is -4.13. The molecule has 0 atom stereocenters. The molecule has 6 nitrogen and oxygen atoms in total. The molecule has 0 saturated heterocycles. The molecule has 4 rings (SSSR count). The zero-order valence-electron chi connectivity index (χ0n) is 17.6. The van der Waals surface area contributed by atoms with Crippen molar-refractivity contribution >= 4 is 23.1 Å². The quantitative estimate of drug-likeness (QED) is 0.566. The lowest BCUT2D eigenvalue weighted by molar-refractivity contribution is -0.137. The van der Waals surface area contributed by atoms with Crippen molar-refractivity contribution in [2.24, 2.45) is 0 Å². The summed E-state index contributed by atoms with van der Waals surface area (Å²) < 4.78 is 23.7. The molecule has 1 heterocycles. The van der Waals surface area contributed by atoms with E-state index in [4.69, 9.17) is 9.47 Å². The molecule has 0 saturated carbocycles. The number of methoxy groups -OCH3 is 2. The number of carbonyl (C=O) groups is 2. The molecule has 3 aromatic carbocycles. The van der Waals surface area contributed by atoms with Gasteiger partial charge in [-0.1, -0.05) is 30.3 Å². The van der Waals surface area contributed by atoms with E-state index in [9.17, 15) is 14.0 Å². The number of amides is 2. The van der Waals surface area contributed by atoms with Gasteiger partial charge in [0, 0.05) is 11.8 Å². The van der Waals surface area contributed by atoms with Gasteiger partial charge in [-0.15, -0.1) is 0 Å². The first kappa shape index (κ1) is 21.1. The number of anilines is 1. The van der Waals surface area contributed by atoms with Gasteiger partial charge < -0.3 is 14.8 Å². The third kappa shape index (κ3) is 4.18. The Balaban J connectivity index is 1.73. The molecule has 1 N–H and O–H groups in total. The molecular weight excluding hydrogens is 411 g/mol. The fourth-order valence-electron chi connectivity index (χ4n) is 3.48. The van der Waals surface area contributed by atoms with E-state index in [1.807, 2.05) is 0 Å². The molecule has 0 aliphatic carbocycles. The highest BCUT2D eigenvalue weighted by Gasteiger charge is 2.39. The molecule has 0 radical (unpaired) electrons. The van der Waals surface area contributed by atoms with Crippen molar-refractivity contribution in [3.05, 3.63) is 95.4 Å². The first-order valence-corrected chi connectivity index (χ1v) is 9.90. The maximum absolute atomic E-state index is 13.3. The maximum atomic E-state index is 13.3. The first-order chi connectivity index (χ1) is 15.5. The fourth-order valence-corrected chi connectivity index (χ4v) is 3.48. The lowest BCUT2D eigenvalue weighted by Gasteiger charge is -2.15. The minimum Gasteiger partial charge on any atom is -0.497 e. The molecule has 7 heteroatoms. The number of ether oxygens (including phenoxy) is 2. The van der Waals surface area contributed by atoms with Crippen LogP contribution < -0.4 is 14.8 Å². The van der Waals surface area contributed by atoms with Gasteiger partial charge in [0.05, 0.1) is 26.3 Å². The highest BCUT2D eigenvalue weighted by molar-refractivity contribution is 6.36. The number of hydrogen-bond donors (Lipinski definition) is 1. The summed E-state index contributed by atoms with van der Waals surface area (Å²) in [4.78, 5) is 27.8. The lowest BCUT2D eigenvalue weighted by atomic mass is 10.0. The molecule has 2 amide bonds. The molecule has 162 valence electrons. The molecule has 0 fully saturated rings. The maximum Gasteiger partial charge on any atom is 0.278 e. The van der Waals surface area contributed by atoms with E-state index in [0.717, 1.165) is 4.90 Å². The Labute approximate surface area is 184 Å². The van der Waals surface area contributed by atoms with Crippen molar-refractivity contribution in [3.8, 4) is 11.5 Å². The Morgan fingerprint density at radius 2 is 1.53 bits per heavy atom. The molecule has 32 heavy (non-hydrogen) atoms. The Morgan fingerprint density at radius 1 is 0.844 bits per heavy atom. The normalized spacial score (nSPS) is 13.5. The van der Waals surface area contributed by atoms with E-state index >= 15 is 0 Å². The average Bonchev–Trinajstić information content (AvgIpc) is 3.04. The van der Waals surface area contributed by atoms with Crippen molar-refractivity contribution < 1.29 is 23.5 Å². The summed E-state index contributed by atoms with van der Waals surface area (Å²) in [6, 6.07) is 19.7. The molecule has 1 aliphatic rings. The number of imide groups is 1. The van der Waals surface area contributed by atoms with Crippen molar-refractivity contribution in [1.29, 1.82) is 0 Å². The molecule has 1 aliphatic heterocycles. The number of nitrogens with zero attached hydrogens (tertiary/aromatic N) is 1. The van der Waals surface area contributed by atoms with Gasteiger partial charge in [-0.05, 0) is 47.5 Å². The van der Waals surface area contributed by atoms with Crippen LogP contribution in [0.3, 0.4) is 0 Å². The van der Waals surface area contributed by atoms with Crippen LogP contribution in [0.25, 0.3) is 5.57 Å². The minimum absolute atomic E-state index is 0.0287. The van der Waals surface area contributed by atoms with Crippen LogP contribution in [0.2, 0.25) is 0 Å². The molecule has 0 aromatic heterocycles. The second kappa shape index (κ2) is 8.93. The van der Waals surface area contributed by atoms with Crippen LogP contribution in [0.4, 0.5) is 10.1 Å². The van der Waals surface area contributed by atoms with Gasteiger partial charge in [0.15, 0.2) is 0 Å². The standard InChI is InChI=1S/C25H21FN2O4/c1-31-20-12-8-17(9-13-20)22-23(27-19-4-3-5-21(14-19)32-2)25(30)28(24(22)29)15-16-6-10-18(26)11-7-16/h3-14,27H,15H2,1-2H3. The van der Waals surface area contributed by atoms with Crippen LogP contribution in [-0.2, 0) is 16.1 Å². The van der Waals surface area contributed by atoms with E-state index < -0.39 is 11.8 Å². The monoisotopic (exact) mass is 432 g/mol. The largest absolute Gasteiger partial charge is 0.497 e. The third-order valence-corrected chi connectivity index (χ3v) is 5.14. The predicted octanol–water partition coefficient (Wildman–Crippen LogP) is 4.24. The summed E-state index contributed by atoms with van der Waals surface area (Å²) in [5, 5.41) is 3.09. The smallest absolute Gasteiger partial charge is 0.278 e. The zero-order chi connectivity index (χ0) is 22.7. The second-order valence-electron chi connectivity index (χ2n) is 7.16. The Bertz CT molecular complexity index is 1190. The molecule has 0 spiro atoms. The lowest BCUT2D eigenvalue weighted by Crippen LogP contribution is -2.32. The summed E-state index contributed by atoms with van der Waals surface area (Å²) in [5.74, 6) is -0.0359. The van der Waals surface area contributed by atoms with Crippen LogP contribution in [0, 0.1) is 5.82 Å². The highest BCUT2D eigenvalue weighted by Crippen LogP contribution is 2.33. The van der Waals surface area contributed by atoms with Crippen molar-refractivity contribution in [3.63, 3.8) is 0 Å². The van der Waals surface area contributed by atoms with Gasteiger partial charge in [-0.25, -0.2) is 4.39 Å². The van der Waals surface area contributed by atoms with Gasteiger partial charge in [0.1, 0.15) is 23.0 Å². The van der Waals surface area contributed by atoms with Gasteiger partial charge in [0.25, 0.3) is 11.8 Å². The number of benzene rings is 3. The average molecular weight is 432 g/mol. The van der Waals surface area contributed by atoms with Crippen LogP contribution >= 0.6 is 0 Å². The third-order valence-electron chi connectivity index (χ3n) is 5.14. The Kier molecular flexibility index (Phi) is 5.89. The number of hydrogen-bond acceptors (Lipinski definition) is 5. The Morgan fingerprint density at radius 3 is 2.19 bits per heavy atom. The van der Waals surface area contributed by atoms with Gasteiger partial charge >= 0.3 is 0 Å². The van der Waals surface area contributed by atoms with E-state index in [2.05, 4.69) is 5.32 Å². The predicted molar refractivity (Wildman–Crippen MR) is 118 cm³/mol. The van der Waals surface area contributed by atoms with Gasteiger partial charge in [-0.3, -0.25) is 14.5 Å². The zero-order valence-corrected chi connectivity index (χ0v) is 17.6. The number of halogens is 1. The topological polar surface area (TPSA) is 67.9 Å². The van der Waals surface area contributed by atoms with E-state index in [0.29, 0.717) is 28.3 Å². The van der Waals surface area contributed by atoms with E-state index in [1.54, 1.807) is 74.9 Å². The summed E-state index contributed by atoms with van der Waals surface area (Å²) in [6.07, 6.45) is 0. The molecule has 0 bridgehead atoms. The fraction of sp³-hybridized carbons (Fsp3) is 0.120. The summed E-state index contributed by atoms with van der Waals surface area (Å²) in [5.41, 5.74) is 2.24. The summed E-state index contributed by atoms with van der Waals surface area (Å²) in [6.45, 7) is 0.0287. The van der Waals surface area contributed by atoms with Crippen LogP contribution in [-0.4, -0.2) is 30.9 Å². The summed E-state index contributed by atoms with van der Waals surface area (Å²) in [7, 11) is 3.11. The highest BCUT2D eigenvalue weighted by atomic mass is 19.1. The van der Waals surface area contributed by atoms with E-state index in [-0.39, 0.29) is 23.6 Å². The number of rotatable bonds is 7. The minimum atomic E-state index is -0.465. The van der Waals surface area contributed by atoms with E-state index in [1.165, 1.54) is 12.1 Å². The van der Waals surface area contributed by atoms with Gasteiger partial charge in [0.2, 0.25) is 0 Å². The first-order valence-electron chi connectivity index (χ1n) is 9.90. The van der Waals surface area contributed by atoms with Crippen molar-refractivity contribution in [2.45, 2.75) is 6.54 Å². The second-order valence-corrected chi connectivity index (χ2v) is 7.16. The molecular formula is C25H21FN2O4. The van der Waals surface area contributed by atoms with Crippen molar-refractivity contribution in [1.82, 2.24) is 4.90 Å². The van der Waals surface area contributed by atoms with Crippen molar-refractivity contribution in [2.75, 3.05) is 19.5 Å². The molecule has 0 unspecified atom stereocenters.